The molecule has 10 nitrogen and oxygen atoms in total. The second kappa shape index (κ2) is 6.10. The minimum absolute atomic E-state index is 0.145. The van der Waals surface area contributed by atoms with Crippen LogP contribution in [-0.2, 0) is 4.74 Å². The number of aliphatic imine (C=N–C) groups is 1. The Labute approximate surface area is 170 Å². The molecular weight excluding hydrogens is 396 g/mol. The normalized spacial score (nSPS) is 27.0. The van der Waals surface area contributed by atoms with Gasteiger partial charge < -0.3 is 9.26 Å². The first kappa shape index (κ1) is 16.6. The topological polar surface area (TPSA) is 97.3 Å². The van der Waals surface area contributed by atoms with Crippen LogP contribution in [0.25, 0.3) is 0 Å². The second-order valence-electron chi connectivity index (χ2n) is 7.00. The summed E-state index contributed by atoms with van der Waals surface area (Å²) in [5, 5.41) is 17.2. The molecule has 2 aromatic rings. The summed E-state index contributed by atoms with van der Waals surface area (Å²) in [6.07, 6.45) is 6.83. The van der Waals surface area contributed by atoms with Crippen molar-refractivity contribution in [3.05, 3.63) is 47.7 Å². The monoisotopic (exact) mass is 410 g/mol. The summed E-state index contributed by atoms with van der Waals surface area (Å²) in [6, 6.07) is 8.13. The number of ether oxygens (including phenoxy) is 1. The second-order valence-corrected chi connectivity index (χ2v) is 7.39. The molecule has 0 spiro atoms. The van der Waals surface area contributed by atoms with E-state index in [2.05, 4.69) is 21.3 Å². The van der Waals surface area contributed by atoms with Crippen molar-refractivity contribution in [3.8, 4) is 6.19 Å². The highest BCUT2D eigenvalue weighted by atomic mass is 35.5. The third-order valence-electron chi connectivity index (χ3n) is 5.39. The van der Waals surface area contributed by atoms with Crippen LogP contribution in [0.4, 0.5) is 11.7 Å². The summed E-state index contributed by atoms with van der Waals surface area (Å²) < 4.78 is 11.2. The van der Waals surface area contributed by atoms with Crippen LogP contribution in [0.2, 0.25) is 0 Å². The van der Waals surface area contributed by atoms with E-state index < -0.39 is 5.62 Å². The third-order valence-corrected chi connectivity index (χ3v) is 5.80. The highest BCUT2D eigenvalue weighted by Gasteiger charge is 2.48. The van der Waals surface area contributed by atoms with Crippen LogP contribution in [0, 0.1) is 11.5 Å². The van der Waals surface area contributed by atoms with Gasteiger partial charge in [-0.05, 0) is 18.9 Å². The van der Waals surface area contributed by atoms with E-state index in [1.54, 1.807) is 17.5 Å². The lowest BCUT2D eigenvalue weighted by molar-refractivity contribution is 0.103. The number of rotatable bonds is 2. The number of alkyl halides is 1. The summed E-state index contributed by atoms with van der Waals surface area (Å²) in [4.78, 5) is 12.5. The zero-order valence-electron chi connectivity index (χ0n) is 15.1. The van der Waals surface area contributed by atoms with Crippen molar-refractivity contribution in [1.82, 2.24) is 20.0 Å². The molecule has 29 heavy (non-hydrogen) atoms. The molecule has 4 aliphatic rings. The maximum atomic E-state index is 9.48. The molecule has 146 valence electrons. The molecule has 0 radical (unpaired) electrons. The molecule has 5 heterocycles. The van der Waals surface area contributed by atoms with Crippen molar-refractivity contribution in [2.45, 2.75) is 30.7 Å². The zero-order chi connectivity index (χ0) is 19.5. The summed E-state index contributed by atoms with van der Waals surface area (Å²) in [5.41, 5.74) is 1.19. The number of aromatic nitrogens is 2. The Balaban J connectivity index is 1.42. The van der Waals surface area contributed by atoms with Crippen LogP contribution >= 0.6 is 11.6 Å². The minimum Gasteiger partial charge on any atom is -0.370 e. The van der Waals surface area contributed by atoms with Gasteiger partial charge in [0.1, 0.15) is 12.4 Å². The van der Waals surface area contributed by atoms with E-state index in [0.717, 1.165) is 24.1 Å². The number of nitrogens with zero attached hydrogens (tertiary/aromatic N) is 8. The lowest BCUT2D eigenvalue weighted by Gasteiger charge is -2.42. The van der Waals surface area contributed by atoms with Crippen LogP contribution in [0.3, 0.4) is 0 Å². The first-order chi connectivity index (χ1) is 14.3. The van der Waals surface area contributed by atoms with Gasteiger partial charge in [-0.2, -0.15) is 15.3 Å². The van der Waals surface area contributed by atoms with Crippen molar-refractivity contribution in [2.24, 2.45) is 4.99 Å². The summed E-state index contributed by atoms with van der Waals surface area (Å²) >= 11 is 6.58. The van der Waals surface area contributed by atoms with Gasteiger partial charge >= 0.3 is 6.01 Å². The Morgan fingerprint density at radius 1 is 1.28 bits per heavy atom. The lowest BCUT2D eigenvalue weighted by Crippen LogP contribution is -2.48. The number of hydrogen-bond donors (Lipinski definition) is 0. The van der Waals surface area contributed by atoms with Crippen molar-refractivity contribution >= 4 is 29.6 Å². The van der Waals surface area contributed by atoms with Gasteiger partial charge in [0.25, 0.3) is 0 Å². The molecule has 1 fully saturated rings. The van der Waals surface area contributed by atoms with Crippen molar-refractivity contribution in [1.29, 1.82) is 5.26 Å². The van der Waals surface area contributed by atoms with Gasteiger partial charge in [-0.3, -0.25) is 4.90 Å². The number of hydrogen-bond acceptors (Lipinski definition) is 10. The van der Waals surface area contributed by atoms with Crippen LogP contribution in [0.1, 0.15) is 36.5 Å². The SMILES string of the molecule is N#CN1C=C2N(c3ccccc3C3N=CN(c4nc(C5CCCO5)no4)N23)C1Cl. The van der Waals surface area contributed by atoms with E-state index >= 15 is 0 Å². The molecule has 11 heteroatoms. The quantitative estimate of drug-likeness (QED) is 0.420. The number of hydrazine groups is 1. The number of fused-ring (bicyclic) bond motifs is 6. The van der Waals surface area contributed by atoms with Crippen molar-refractivity contribution < 1.29 is 9.26 Å². The van der Waals surface area contributed by atoms with Gasteiger partial charge in [-0.1, -0.05) is 35.0 Å². The molecule has 6 rings (SSSR count). The zero-order valence-corrected chi connectivity index (χ0v) is 15.8. The molecule has 1 aromatic heterocycles. The average Bonchev–Trinajstić information content (AvgIpc) is 3.52. The maximum Gasteiger partial charge on any atom is 0.348 e. The molecule has 1 saturated heterocycles. The number of para-hydroxylation sites is 1. The number of benzene rings is 1. The van der Waals surface area contributed by atoms with Crippen molar-refractivity contribution in [3.63, 3.8) is 0 Å². The Hall–Kier alpha value is -3.29. The van der Waals surface area contributed by atoms with Gasteiger partial charge in [-0.25, -0.2) is 14.9 Å². The molecular formula is C18H15ClN8O2. The molecule has 1 aromatic carbocycles. The average molecular weight is 411 g/mol. The van der Waals surface area contributed by atoms with Crippen LogP contribution in [0.15, 0.2) is 45.8 Å². The lowest BCUT2D eigenvalue weighted by atomic mass is 10.1. The van der Waals surface area contributed by atoms with Gasteiger partial charge in [0.2, 0.25) is 5.82 Å². The summed E-state index contributed by atoms with van der Waals surface area (Å²) in [5.74, 6) is 1.22. The van der Waals surface area contributed by atoms with E-state index in [4.69, 9.17) is 20.9 Å². The molecule has 0 saturated carbocycles. The van der Waals surface area contributed by atoms with Gasteiger partial charge in [0.15, 0.2) is 23.8 Å². The van der Waals surface area contributed by atoms with E-state index in [1.807, 2.05) is 34.2 Å². The molecule has 0 amide bonds. The fraction of sp³-hybridized carbons (Fsp3) is 0.333. The van der Waals surface area contributed by atoms with Crippen molar-refractivity contribution in [2.75, 3.05) is 16.5 Å². The fourth-order valence-electron chi connectivity index (χ4n) is 4.07. The van der Waals surface area contributed by atoms with E-state index in [9.17, 15) is 5.26 Å². The Kier molecular flexibility index (Phi) is 3.50. The molecule has 0 N–H and O–H groups in total. The molecule has 0 aliphatic carbocycles. The predicted octanol–water partition coefficient (Wildman–Crippen LogP) is 2.62. The third kappa shape index (κ3) is 2.28. The minimum atomic E-state index is -0.676. The largest absolute Gasteiger partial charge is 0.370 e. The highest BCUT2D eigenvalue weighted by molar-refractivity contribution is 6.22. The predicted molar refractivity (Wildman–Crippen MR) is 102 cm³/mol. The van der Waals surface area contributed by atoms with E-state index in [0.29, 0.717) is 18.3 Å². The van der Waals surface area contributed by atoms with Gasteiger partial charge in [0.05, 0.1) is 11.9 Å². The van der Waals surface area contributed by atoms with Crippen LogP contribution in [-0.4, -0.2) is 38.6 Å². The smallest absolute Gasteiger partial charge is 0.348 e. The Morgan fingerprint density at radius 3 is 3.00 bits per heavy atom. The maximum absolute atomic E-state index is 9.48. The molecule has 0 bridgehead atoms. The summed E-state index contributed by atoms with van der Waals surface area (Å²) in [7, 11) is 0. The van der Waals surface area contributed by atoms with Gasteiger partial charge in [0, 0.05) is 12.2 Å². The van der Waals surface area contributed by atoms with Crippen LogP contribution < -0.4 is 9.91 Å². The Morgan fingerprint density at radius 2 is 2.17 bits per heavy atom. The standard InChI is InChI=1S/C18H15ClN8O2/c19-17-24(9-20)8-14-26(17)12-5-2-1-4-11(12)16-21-10-25(27(14)16)18-22-15(23-29-18)13-6-3-7-28-13/h1-2,4-5,8,10,13,16-17H,3,6-7H2. The highest BCUT2D eigenvalue weighted by Crippen LogP contribution is 2.48. The van der Waals surface area contributed by atoms with Gasteiger partial charge in [-0.15, -0.1) is 0 Å². The Bertz CT molecular complexity index is 1070. The molecule has 3 atom stereocenters. The van der Waals surface area contributed by atoms with Crippen LogP contribution in [0.5, 0.6) is 0 Å². The van der Waals surface area contributed by atoms with E-state index in [1.165, 1.54) is 4.90 Å². The number of nitriles is 1. The first-order valence-corrected chi connectivity index (χ1v) is 9.69. The summed E-state index contributed by atoms with van der Waals surface area (Å²) in [6.45, 7) is 0.702. The van der Waals surface area contributed by atoms with E-state index in [-0.39, 0.29) is 18.3 Å². The number of anilines is 2. The first-order valence-electron chi connectivity index (χ1n) is 9.25. The number of halogens is 1. The molecule has 4 aliphatic heterocycles. The molecule has 3 unspecified atom stereocenters. The fourth-order valence-corrected chi connectivity index (χ4v) is 4.38.